The molecule has 0 saturated carbocycles. The lowest BCUT2D eigenvalue weighted by Crippen LogP contribution is -2.47. The Morgan fingerprint density at radius 2 is 1.50 bits per heavy atom. The third-order valence-electron chi connectivity index (χ3n) is 3.13. The van der Waals surface area contributed by atoms with E-state index in [4.69, 9.17) is 4.12 Å². The summed E-state index contributed by atoms with van der Waals surface area (Å²) < 4.78 is 6.27. The maximum absolute atomic E-state index is 9.66. The van der Waals surface area contributed by atoms with Gasteiger partial charge in [0.1, 0.15) is 11.5 Å². The van der Waals surface area contributed by atoms with Crippen LogP contribution in [0.2, 0.25) is 13.1 Å². The van der Waals surface area contributed by atoms with E-state index in [1.54, 1.807) is 18.2 Å². The molecule has 0 fully saturated rings. The molecule has 0 aliphatic carbocycles. The molecule has 106 valence electrons. The minimum Gasteiger partial charge on any atom is -0.508 e. The molecular formula is C15H20O3Si2. The molecule has 3 nitrogen and oxygen atoms in total. The summed E-state index contributed by atoms with van der Waals surface area (Å²) in [7, 11) is -2.91. The van der Waals surface area contributed by atoms with E-state index in [-0.39, 0.29) is 5.75 Å². The molecular weight excluding hydrogens is 284 g/mol. The molecule has 0 saturated heterocycles. The standard InChI is InChI=1S/C15H20O3Si2/c1-11-10-14(8-9-15(11)17)20(18-19(2)3)13-6-4-12(16)5-7-13/h4-10,16-17,19-20H,1-3H3. The van der Waals surface area contributed by atoms with E-state index in [0.717, 1.165) is 15.9 Å². The fourth-order valence-corrected chi connectivity index (χ4v) is 7.15. The lowest BCUT2D eigenvalue weighted by molar-refractivity contribution is 0.471. The van der Waals surface area contributed by atoms with Gasteiger partial charge in [-0.25, -0.2) is 0 Å². The quantitative estimate of drug-likeness (QED) is 0.836. The molecule has 2 N–H and O–H groups in total. The summed E-state index contributed by atoms with van der Waals surface area (Å²) >= 11 is 0. The molecule has 0 heterocycles. The maximum Gasteiger partial charge on any atom is 0.228 e. The maximum atomic E-state index is 9.66. The number of aromatic hydroxyl groups is 2. The Labute approximate surface area is 122 Å². The molecule has 2 rings (SSSR count). The average Bonchev–Trinajstić information content (AvgIpc) is 2.40. The summed E-state index contributed by atoms with van der Waals surface area (Å²) in [5.41, 5.74) is 0.868. The van der Waals surface area contributed by atoms with Gasteiger partial charge in [-0.05, 0) is 54.2 Å². The average molecular weight is 304 g/mol. The Balaban J connectivity index is 2.41. The zero-order valence-corrected chi connectivity index (χ0v) is 14.3. The van der Waals surface area contributed by atoms with E-state index in [1.165, 1.54) is 0 Å². The zero-order chi connectivity index (χ0) is 14.7. The largest absolute Gasteiger partial charge is 0.508 e. The van der Waals surface area contributed by atoms with E-state index in [9.17, 15) is 10.2 Å². The SMILES string of the molecule is Cc1cc([SiH](O[SiH](C)C)c2ccc(O)cc2)ccc1O. The second-order valence-electron chi connectivity index (χ2n) is 5.20. The van der Waals surface area contributed by atoms with Crippen molar-refractivity contribution in [1.82, 2.24) is 0 Å². The molecule has 0 spiro atoms. The van der Waals surface area contributed by atoms with Crippen LogP contribution in [0.1, 0.15) is 5.56 Å². The molecule has 0 amide bonds. The Hall–Kier alpha value is -1.57. The van der Waals surface area contributed by atoms with Crippen LogP contribution in [0.25, 0.3) is 0 Å². The Morgan fingerprint density at radius 1 is 0.900 bits per heavy atom. The first-order chi connectivity index (χ1) is 9.47. The summed E-state index contributed by atoms with van der Waals surface area (Å²) in [4.78, 5) is 0. The van der Waals surface area contributed by atoms with Gasteiger partial charge < -0.3 is 14.3 Å². The normalized spacial score (nSPS) is 12.6. The van der Waals surface area contributed by atoms with Crippen LogP contribution in [0.4, 0.5) is 0 Å². The van der Waals surface area contributed by atoms with E-state index >= 15 is 0 Å². The van der Waals surface area contributed by atoms with Crippen LogP contribution in [0, 0.1) is 6.92 Å². The number of rotatable bonds is 4. The van der Waals surface area contributed by atoms with E-state index in [0.29, 0.717) is 5.75 Å². The van der Waals surface area contributed by atoms with Gasteiger partial charge in [0, 0.05) is 0 Å². The topological polar surface area (TPSA) is 49.7 Å². The Kier molecular flexibility index (Phi) is 4.64. The van der Waals surface area contributed by atoms with Gasteiger partial charge in [-0.15, -0.1) is 0 Å². The van der Waals surface area contributed by atoms with Crippen LogP contribution in [-0.4, -0.2) is 28.3 Å². The predicted octanol–water partition coefficient (Wildman–Crippen LogP) is 1.24. The zero-order valence-electron chi connectivity index (χ0n) is 12.0. The van der Waals surface area contributed by atoms with Crippen LogP contribution in [0.15, 0.2) is 42.5 Å². The number of hydrogen-bond acceptors (Lipinski definition) is 3. The summed E-state index contributed by atoms with van der Waals surface area (Å²) in [5, 5.41) is 21.4. The van der Waals surface area contributed by atoms with Gasteiger partial charge in [0.15, 0.2) is 9.04 Å². The van der Waals surface area contributed by atoms with Crippen molar-refractivity contribution in [2.24, 2.45) is 0 Å². The monoisotopic (exact) mass is 304 g/mol. The Bertz CT molecular complexity index is 582. The van der Waals surface area contributed by atoms with Crippen LogP contribution < -0.4 is 10.4 Å². The highest BCUT2D eigenvalue weighted by Crippen LogP contribution is 2.13. The van der Waals surface area contributed by atoms with Crippen molar-refractivity contribution in [3.05, 3.63) is 48.0 Å². The van der Waals surface area contributed by atoms with Crippen molar-refractivity contribution in [2.75, 3.05) is 0 Å². The van der Waals surface area contributed by atoms with E-state index < -0.39 is 18.1 Å². The van der Waals surface area contributed by atoms with Crippen LogP contribution in [-0.2, 0) is 4.12 Å². The number of hydrogen-bond donors (Lipinski definition) is 2. The lowest BCUT2D eigenvalue weighted by atomic mass is 10.2. The first kappa shape index (κ1) is 14.8. The fourth-order valence-electron chi connectivity index (χ4n) is 2.11. The van der Waals surface area contributed by atoms with Crippen molar-refractivity contribution in [2.45, 2.75) is 20.0 Å². The summed E-state index contributed by atoms with van der Waals surface area (Å²) in [5.74, 6) is 0.583. The van der Waals surface area contributed by atoms with Crippen LogP contribution >= 0.6 is 0 Å². The highest BCUT2D eigenvalue weighted by molar-refractivity contribution is 6.84. The molecule has 2 aromatic carbocycles. The molecule has 0 aliphatic rings. The van der Waals surface area contributed by atoms with Gasteiger partial charge in [-0.1, -0.05) is 24.3 Å². The third kappa shape index (κ3) is 3.50. The van der Waals surface area contributed by atoms with Gasteiger partial charge in [0.25, 0.3) is 0 Å². The number of benzene rings is 2. The first-order valence-corrected chi connectivity index (χ1v) is 11.1. The van der Waals surface area contributed by atoms with Crippen LogP contribution in [0.5, 0.6) is 11.5 Å². The smallest absolute Gasteiger partial charge is 0.228 e. The van der Waals surface area contributed by atoms with Gasteiger partial charge in [0.2, 0.25) is 9.04 Å². The Morgan fingerprint density at radius 3 is 2.05 bits per heavy atom. The second-order valence-corrected chi connectivity index (χ2v) is 10.5. The van der Waals surface area contributed by atoms with Crippen molar-refractivity contribution in [3.63, 3.8) is 0 Å². The highest BCUT2D eigenvalue weighted by atomic mass is 28.4. The fraction of sp³-hybridized carbons (Fsp3) is 0.200. The molecule has 2 aromatic rings. The predicted molar refractivity (Wildman–Crippen MR) is 87.3 cm³/mol. The number of phenolic OH excluding ortho intramolecular Hbond substituents is 2. The number of phenols is 2. The van der Waals surface area contributed by atoms with Gasteiger partial charge in [-0.3, -0.25) is 0 Å². The van der Waals surface area contributed by atoms with Gasteiger partial charge in [-0.2, -0.15) is 0 Å². The van der Waals surface area contributed by atoms with Gasteiger partial charge in [0.05, 0.1) is 0 Å². The first-order valence-electron chi connectivity index (χ1n) is 6.71. The molecule has 1 atom stereocenters. The minimum atomic E-state index is -1.74. The number of aryl methyl sites for hydroxylation is 1. The lowest BCUT2D eigenvalue weighted by Gasteiger charge is -2.20. The molecule has 0 bridgehead atoms. The van der Waals surface area contributed by atoms with E-state index in [2.05, 4.69) is 13.1 Å². The van der Waals surface area contributed by atoms with Gasteiger partial charge >= 0.3 is 0 Å². The minimum absolute atomic E-state index is 0.269. The molecule has 0 radical (unpaired) electrons. The highest BCUT2D eigenvalue weighted by Gasteiger charge is 2.20. The summed E-state index contributed by atoms with van der Waals surface area (Å²) in [6.45, 7) is 6.22. The molecule has 1 unspecified atom stereocenters. The van der Waals surface area contributed by atoms with Crippen molar-refractivity contribution in [1.29, 1.82) is 0 Å². The van der Waals surface area contributed by atoms with Crippen LogP contribution in [0.3, 0.4) is 0 Å². The third-order valence-corrected chi connectivity index (χ3v) is 8.35. The van der Waals surface area contributed by atoms with Crippen molar-refractivity contribution >= 4 is 28.5 Å². The molecule has 0 aromatic heterocycles. The molecule has 20 heavy (non-hydrogen) atoms. The second kappa shape index (κ2) is 6.26. The van der Waals surface area contributed by atoms with Crippen molar-refractivity contribution in [3.8, 4) is 11.5 Å². The summed E-state index contributed by atoms with van der Waals surface area (Å²) in [6.07, 6.45) is 0. The van der Waals surface area contributed by atoms with E-state index in [1.807, 2.05) is 31.2 Å². The van der Waals surface area contributed by atoms with Crippen molar-refractivity contribution < 1.29 is 14.3 Å². The molecule has 0 aliphatic heterocycles. The molecule has 5 heteroatoms. The summed E-state index contributed by atoms with van der Waals surface area (Å²) in [6, 6.07) is 13.0.